The smallest absolute Gasteiger partial charge is 0.123 e. The standard InChI is InChI=1S/C13H16FN/c1-9(15)13-7-6-12(14)8-11(13)5-4-10-2-3-10/h4-10H,2-3,15H2,1H3/b5-4+/t9-/m0/s1. The van der Waals surface area contributed by atoms with E-state index in [1.165, 1.54) is 18.9 Å². The van der Waals surface area contributed by atoms with Gasteiger partial charge in [-0.3, -0.25) is 0 Å². The zero-order valence-corrected chi connectivity index (χ0v) is 8.91. The maximum atomic E-state index is 13.1. The van der Waals surface area contributed by atoms with E-state index in [1.807, 2.05) is 13.0 Å². The van der Waals surface area contributed by atoms with Crippen LogP contribution >= 0.6 is 0 Å². The summed E-state index contributed by atoms with van der Waals surface area (Å²) in [4.78, 5) is 0. The molecule has 1 aromatic carbocycles. The van der Waals surface area contributed by atoms with Gasteiger partial charge in [-0.05, 0) is 48.9 Å². The Bertz CT molecular complexity index is 378. The molecule has 0 aliphatic heterocycles. The van der Waals surface area contributed by atoms with Gasteiger partial charge >= 0.3 is 0 Å². The Balaban J connectivity index is 2.28. The monoisotopic (exact) mass is 205 g/mol. The van der Waals surface area contributed by atoms with Crippen molar-refractivity contribution in [1.82, 2.24) is 0 Å². The SMILES string of the molecule is C[C@H](N)c1ccc(F)cc1/C=C/C1CC1. The van der Waals surface area contributed by atoms with Crippen molar-refractivity contribution in [1.29, 1.82) is 0 Å². The first-order valence-corrected chi connectivity index (χ1v) is 5.40. The van der Waals surface area contributed by atoms with Crippen LogP contribution in [0, 0.1) is 11.7 Å². The first-order valence-electron chi connectivity index (χ1n) is 5.40. The van der Waals surface area contributed by atoms with E-state index in [4.69, 9.17) is 5.73 Å². The van der Waals surface area contributed by atoms with Crippen LogP contribution in [0.15, 0.2) is 24.3 Å². The average molecular weight is 205 g/mol. The van der Waals surface area contributed by atoms with E-state index in [1.54, 1.807) is 12.1 Å². The van der Waals surface area contributed by atoms with Crippen LogP contribution < -0.4 is 5.73 Å². The van der Waals surface area contributed by atoms with E-state index >= 15 is 0 Å². The van der Waals surface area contributed by atoms with Crippen LogP contribution in [0.25, 0.3) is 6.08 Å². The number of halogens is 1. The molecular formula is C13H16FN. The minimum Gasteiger partial charge on any atom is -0.324 e. The van der Waals surface area contributed by atoms with Gasteiger partial charge < -0.3 is 5.73 Å². The Morgan fingerprint density at radius 1 is 1.47 bits per heavy atom. The van der Waals surface area contributed by atoms with Crippen LogP contribution in [0.2, 0.25) is 0 Å². The van der Waals surface area contributed by atoms with Gasteiger partial charge in [-0.1, -0.05) is 18.2 Å². The lowest BCUT2D eigenvalue weighted by Gasteiger charge is -2.09. The Morgan fingerprint density at radius 3 is 2.80 bits per heavy atom. The fraction of sp³-hybridized carbons (Fsp3) is 0.385. The van der Waals surface area contributed by atoms with E-state index in [9.17, 15) is 4.39 Å². The lowest BCUT2D eigenvalue weighted by molar-refractivity contribution is 0.625. The zero-order chi connectivity index (χ0) is 10.8. The van der Waals surface area contributed by atoms with Crippen molar-refractivity contribution in [2.24, 2.45) is 11.7 Å². The van der Waals surface area contributed by atoms with Crippen molar-refractivity contribution in [2.45, 2.75) is 25.8 Å². The molecule has 1 fully saturated rings. The Morgan fingerprint density at radius 2 is 2.20 bits per heavy atom. The van der Waals surface area contributed by atoms with Crippen molar-refractivity contribution in [2.75, 3.05) is 0 Å². The second-order valence-electron chi connectivity index (χ2n) is 4.26. The Labute approximate surface area is 89.8 Å². The van der Waals surface area contributed by atoms with E-state index in [0.29, 0.717) is 5.92 Å². The summed E-state index contributed by atoms with van der Waals surface area (Å²) in [5.74, 6) is 0.504. The van der Waals surface area contributed by atoms with Crippen molar-refractivity contribution in [3.63, 3.8) is 0 Å². The highest BCUT2D eigenvalue weighted by Crippen LogP contribution is 2.31. The maximum absolute atomic E-state index is 13.1. The van der Waals surface area contributed by atoms with Crippen LogP contribution in [0.4, 0.5) is 4.39 Å². The molecule has 15 heavy (non-hydrogen) atoms. The highest BCUT2D eigenvalue weighted by molar-refractivity contribution is 5.55. The number of rotatable bonds is 3. The lowest BCUT2D eigenvalue weighted by Crippen LogP contribution is -2.06. The molecule has 0 spiro atoms. The molecular weight excluding hydrogens is 189 g/mol. The quantitative estimate of drug-likeness (QED) is 0.805. The normalized spacial score (nSPS) is 18.3. The van der Waals surface area contributed by atoms with Crippen molar-refractivity contribution in [3.8, 4) is 0 Å². The van der Waals surface area contributed by atoms with Gasteiger partial charge in [0.15, 0.2) is 0 Å². The highest BCUT2D eigenvalue weighted by Gasteiger charge is 2.17. The molecule has 2 heteroatoms. The van der Waals surface area contributed by atoms with E-state index in [2.05, 4.69) is 6.08 Å². The summed E-state index contributed by atoms with van der Waals surface area (Å²) in [6.07, 6.45) is 6.68. The summed E-state index contributed by atoms with van der Waals surface area (Å²) in [6, 6.07) is 4.74. The first-order chi connectivity index (χ1) is 7.16. The van der Waals surface area contributed by atoms with Gasteiger partial charge in [0.2, 0.25) is 0 Å². The van der Waals surface area contributed by atoms with Crippen molar-refractivity contribution < 1.29 is 4.39 Å². The molecule has 0 aromatic heterocycles. The van der Waals surface area contributed by atoms with Gasteiger partial charge in [-0.25, -0.2) is 4.39 Å². The molecule has 0 heterocycles. The van der Waals surface area contributed by atoms with Gasteiger partial charge in [0.1, 0.15) is 5.82 Å². The number of hydrogen-bond acceptors (Lipinski definition) is 1. The van der Waals surface area contributed by atoms with Crippen molar-refractivity contribution in [3.05, 3.63) is 41.2 Å². The van der Waals surface area contributed by atoms with Gasteiger partial charge in [0.05, 0.1) is 0 Å². The second-order valence-corrected chi connectivity index (χ2v) is 4.26. The summed E-state index contributed by atoms with van der Waals surface area (Å²) in [7, 11) is 0. The summed E-state index contributed by atoms with van der Waals surface area (Å²) >= 11 is 0. The fourth-order valence-electron chi connectivity index (χ4n) is 1.63. The van der Waals surface area contributed by atoms with Crippen LogP contribution in [0.1, 0.15) is 36.9 Å². The first kappa shape index (κ1) is 10.4. The van der Waals surface area contributed by atoms with E-state index in [0.717, 1.165) is 11.1 Å². The third-order valence-electron chi connectivity index (χ3n) is 2.71. The summed E-state index contributed by atoms with van der Waals surface area (Å²) < 4.78 is 13.1. The molecule has 1 saturated carbocycles. The summed E-state index contributed by atoms with van der Waals surface area (Å²) in [5, 5.41) is 0. The maximum Gasteiger partial charge on any atom is 0.123 e. The van der Waals surface area contributed by atoms with Crippen LogP contribution in [0.5, 0.6) is 0 Å². The molecule has 1 aliphatic rings. The molecule has 1 aromatic rings. The predicted molar refractivity (Wildman–Crippen MR) is 60.8 cm³/mol. The minimum atomic E-state index is -0.199. The molecule has 0 amide bonds. The van der Waals surface area contributed by atoms with Gasteiger partial charge in [0.25, 0.3) is 0 Å². The molecule has 2 rings (SSSR count). The molecule has 0 bridgehead atoms. The Kier molecular flexibility index (Phi) is 2.87. The molecule has 1 aliphatic carbocycles. The topological polar surface area (TPSA) is 26.0 Å². The number of hydrogen-bond donors (Lipinski definition) is 1. The third kappa shape index (κ3) is 2.66. The Hall–Kier alpha value is -1.15. The zero-order valence-electron chi connectivity index (χ0n) is 8.91. The summed E-state index contributed by atoms with van der Waals surface area (Å²) in [6.45, 7) is 1.92. The van der Waals surface area contributed by atoms with E-state index < -0.39 is 0 Å². The molecule has 1 atom stereocenters. The van der Waals surface area contributed by atoms with Crippen molar-refractivity contribution >= 4 is 6.08 Å². The minimum absolute atomic E-state index is 0.0514. The molecule has 2 N–H and O–H groups in total. The average Bonchev–Trinajstić information content (AvgIpc) is 2.97. The molecule has 0 saturated heterocycles. The summed E-state index contributed by atoms with van der Waals surface area (Å²) in [5.41, 5.74) is 7.75. The van der Waals surface area contributed by atoms with Gasteiger partial charge in [-0.2, -0.15) is 0 Å². The third-order valence-corrected chi connectivity index (χ3v) is 2.71. The van der Waals surface area contributed by atoms with Crippen LogP contribution in [-0.2, 0) is 0 Å². The largest absolute Gasteiger partial charge is 0.324 e. The fourth-order valence-corrected chi connectivity index (χ4v) is 1.63. The number of benzene rings is 1. The molecule has 0 unspecified atom stereocenters. The number of nitrogens with two attached hydrogens (primary N) is 1. The number of allylic oxidation sites excluding steroid dienone is 1. The molecule has 0 radical (unpaired) electrons. The highest BCUT2D eigenvalue weighted by atomic mass is 19.1. The molecule has 80 valence electrons. The van der Waals surface area contributed by atoms with Crippen LogP contribution in [0.3, 0.4) is 0 Å². The predicted octanol–water partition coefficient (Wildman–Crippen LogP) is 3.27. The lowest BCUT2D eigenvalue weighted by atomic mass is 10.0. The van der Waals surface area contributed by atoms with Gasteiger partial charge in [-0.15, -0.1) is 0 Å². The molecule has 1 nitrogen and oxygen atoms in total. The van der Waals surface area contributed by atoms with Crippen LogP contribution in [-0.4, -0.2) is 0 Å². The van der Waals surface area contributed by atoms with Gasteiger partial charge in [0, 0.05) is 6.04 Å². The van der Waals surface area contributed by atoms with E-state index in [-0.39, 0.29) is 11.9 Å². The second kappa shape index (κ2) is 4.15.